The van der Waals surface area contributed by atoms with Crippen molar-refractivity contribution in [3.05, 3.63) is 16.3 Å². The van der Waals surface area contributed by atoms with Gasteiger partial charge in [0.05, 0.1) is 10.8 Å². The number of sulfonamides is 1. The van der Waals surface area contributed by atoms with Crippen molar-refractivity contribution < 1.29 is 8.42 Å². The van der Waals surface area contributed by atoms with Crippen molar-refractivity contribution in [1.29, 1.82) is 0 Å². The smallest absolute Gasteiger partial charge is 0.244 e. The van der Waals surface area contributed by atoms with Crippen LogP contribution >= 0.6 is 22.9 Å². The van der Waals surface area contributed by atoms with Crippen molar-refractivity contribution >= 4 is 33.0 Å². The summed E-state index contributed by atoms with van der Waals surface area (Å²) in [6.07, 6.45) is 0. The molecule has 1 aliphatic heterocycles. The van der Waals surface area contributed by atoms with Gasteiger partial charge in [0.25, 0.3) is 0 Å². The molecule has 7 heteroatoms. The number of halogens is 1. The number of likely N-dealkylation sites (N-methyl/N-ethyl adjacent to an activating group) is 1. The minimum atomic E-state index is -3.36. The molecular weight excluding hydrogens is 304 g/mol. The third-order valence-corrected chi connectivity index (χ3v) is 6.91. The maximum absolute atomic E-state index is 12.5. The first-order chi connectivity index (χ1) is 8.98. The number of rotatable bonds is 4. The zero-order valence-corrected chi connectivity index (χ0v) is 13.6. The lowest BCUT2D eigenvalue weighted by molar-refractivity contribution is 0.135. The second-order valence-electron chi connectivity index (χ2n) is 4.72. The van der Waals surface area contributed by atoms with E-state index < -0.39 is 10.0 Å². The van der Waals surface area contributed by atoms with Crippen LogP contribution in [-0.2, 0) is 15.9 Å². The number of alkyl halides is 1. The molecule has 1 aromatic heterocycles. The molecule has 2 rings (SSSR count). The van der Waals surface area contributed by atoms with Gasteiger partial charge in [-0.05, 0) is 19.5 Å². The van der Waals surface area contributed by atoms with E-state index >= 15 is 0 Å². The Labute approximate surface area is 124 Å². The van der Waals surface area contributed by atoms with Gasteiger partial charge in [0.1, 0.15) is 0 Å². The maximum atomic E-state index is 12.5. The number of nitrogens with zero attached hydrogens (tertiary/aromatic N) is 2. The molecule has 4 nitrogen and oxygen atoms in total. The highest BCUT2D eigenvalue weighted by atomic mass is 35.5. The molecule has 2 heterocycles. The molecule has 0 saturated carbocycles. The van der Waals surface area contributed by atoms with E-state index in [9.17, 15) is 8.42 Å². The minimum absolute atomic E-state index is 0.264. The first kappa shape index (κ1) is 15.3. The fraction of sp³-hybridized carbons (Fsp3) is 0.667. The molecule has 0 spiro atoms. The number of piperazine rings is 1. The summed E-state index contributed by atoms with van der Waals surface area (Å²) >= 11 is 7.13. The number of thiophene rings is 1. The normalized spacial score (nSPS) is 22.8. The van der Waals surface area contributed by atoms with Crippen LogP contribution in [0.1, 0.15) is 18.7 Å². The lowest BCUT2D eigenvalue weighted by atomic mass is 10.2. The van der Waals surface area contributed by atoms with Crippen molar-refractivity contribution in [1.82, 2.24) is 9.21 Å². The molecule has 108 valence electrons. The van der Waals surface area contributed by atoms with Gasteiger partial charge in [-0.15, -0.1) is 22.9 Å². The topological polar surface area (TPSA) is 40.6 Å². The van der Waals surface area contributed by atoms with Gasteiger partial charge in [0.2, 0.25) is 10.0 Å². The van der Waals surface area contributed by atoms with Crippen LogP contribution in [0.4, 0.5) is 0 Å². The van der Waals surface area contributed by atoms with Gasteiger partial charge in [0, 0.05) is 35.9 Å². The van der Waals surface area contributed by atoms with Crippen LogP contribution in [0.15, 0.2) is 16.3 Å². The summed E-state index contributed by atoms with van der Waals surface area (Å²) in [5.41, 5.74) is 0. The van der Waals surface area contributed by atoms with Crippen molar-refractivity contribution in [2.45, 2.75) is 30.7 Å². The van der Waals surface area contributed by atoms with E-state index in [0.29, 0.717) is 23.9 Å². The highest BCUT2D eigenvalue weighted by molar-refractivity contribution is 7.89. The molecule has 0 aromatic carbocycles. The van der Waals surface area contributed by atoms with Gasteiger partial charge < -0.3 is 0 Å². The van der Waals surface area contributed by atoms with Crippen LogP contribution in [0.25, 0.3) is 0 Å². The fourth-order valence-corrected chi connectivity index (χ4v) is 5.25. The molecule has 0 aliphatic carbocycles. The predicted molar refractivity (Wildman–Crippen MR) is 79.3 cm³/mol. The maximum Gasteiger partial charge on any atom is 0.244 e. The molecule has 0 amide bonds. The van der Waals surface area contributed by atoms with E-state index in [1.807, 2.05) is 0 Å². The Balaban J connectivity index is 2.17. The SMILES string of the molecule is CCN1CCN(S(=O)(=O)c2csc(CCl)c2)CC1C. The molecule has 0 radical (unpaired) electrons. The van der Waals surface area contributed by atoms with E-state index in [2.05, 4.69) is 18.7 Å². The van der Waals surface area contributed by atoms with Crippen LogP contribution in [0.5, 0.6) is 0 Å². The lowest BCUT2D eigenvalue weighted by Crippen LogP contribution is -2.53. The van der Waals surface area contributed by atoms with E-state index in [0.717, 1.165) is 18.0 Å². The van der Waals surface area contributed by atoms with Gasteiger partial charge in [-0.1, -0.05) is 6.92 Å². The van der Waals surface area contributed by atoms with Crippen molar-refractivity contribution in [3.8, 4) is 0 Å². The van der Waals surface area contributed by atoms with Crippen molar-refractivity contribution in [2.75, 3.05) is 26.2 Å². The predicted octanol–water partition coefficient (Wildman–Crippen LogP) is 2.20. The van der Waals surface area contributed by atoms with Crippen LogP contribution in [0.3, 0.4) is 0 Å². The zero-order valence-electron chi connectivity index (χ0n) is 11.2. The molecule has 1 unspecified atom stereocenters. The summed E-state index contributed by atoms with van der Waals surface area (Å²) < 4.78 is 26.6. The summed E-state index contributed by atoms with van der Waals surface area (Å²) in [6, 6.07) is 1.95. The molecule has 1 aliphatic rings. The van der Waals surface area contributed by atoms with Gasteiger partial charge in [-0.3, -0.25) is 4.90 Å². The quantitative estimate of drug-likeness (QED) is 0.798. The first-order valence-electron chi connectivity index (χ1n) is 6.36. The molecule has 1 aromatic rings. The summed E-state index contributed by atoms with van der Waals surface area (Å²) in [6.45, 7) is 7.05. The van der Waals surface area contributed by atoms with Gasteiger partial charge in [-0.2, -0.15) is 4.31 Å². The van der Waals surface area contributed by atoms with Crippen LogP contribution in [0.2, 0.25) is 0 Å². The second kappa shape index (κ2) is 6.10. The van der Waals surface area contributed by atoms with E-state index in [4.69, 9.17) is 11.6 Å². The molecule has 1 fully saturated rings. The van der Waals surface area contributed by atoms with E-state index in [-0.39, 0.29) is 6.04 Å². The van der Waals surface area contributed by atoms with Gasteiger partial charge >= 0.3 is 0 Å². The molecule has 1 atom stereocenters. The molecule has 19 heavy (non-hydrogen) atoms. The monoisotopic (exact) mass is 322 g/mol. The first-order valence-corrected chi connectivity index (χ1v) is 9.22. The van der Waals surface area contributed by atoms with E-state index in [1.165, 1.54) is 11.3 Å². The van der Waals surface area contributed by atoms with Gasteiger partial charge in [-0.25, -0.2) is 8.42 Å². The average Bonchev–Trinajstić information content (AvgIpc) is 2.88. The Kier molecular flexibility index (Phi) is 4.89. The summed E-state index contributed by atoms with van der Waals surface area (Å²) in [5, 5.41) is 1.68. The zero-order chi connectivity index (χ0) is 14.0. The largest absolute Gasteiger partial charge is 0.298 e. The summed E-state index contributed by atoms with van der Waals surface area (Å²) in [4.78, 5) is 3.56. The Morgan fingerprint density at radius 2 is 2.21 bits per heavy atom. The number of hydrogen-bond acceptors (Lipinski definition) is 4. The standard InChI is InChI=1S/C12H19ClN2O2S2/c1-3-14-4-5-15(8-10(14)2)19(16,17)12-6-11(7-13)18-9-12/h6,9-10H,3-5,7-8H2,1-2H3. The molecule has 1 saturated heterocycles. The molecule has 0 bridgehead atoms. The van der Waals surface area contributed by atoms with Crippen LogP contribution in [0, 0.1) is 0 Å². The highest BCUT2D eigenvalue weighted by Gasteiger charge is 2.32. The highest BCUT2D eigenvalue weighted by Crippen LogP contribution is 2.25. The third-order valence-electron chi connectivity index (χ3n) is 3.53. The minimum Gasteiger partial charge on any atom is -0.298 e. The lowest BCUT2D eigenvalue weighted by Gasteiger charge is -2.38. The molecule has 0 N–H and O–H groups in total. The number of hydrogen-bond donors (Lipinski definition) is 0. The summed E-state index contributed by atoms with van der Waals surface area (Å²) in [7, 11) is -3.36. The van der Waals surface area contributed by atoms with Crippen molar-refractivity contribution in [2.24, 2.45) is 0 Å². The Morgan fingerprint density at radius 3 is 2.74 bits per heavy atom. The van der Waals surface area contributed by atoms with Gasteiger partial charge in [0.15, 0.2) is 0 Å². The molecular formula is C12H19ClN2O2S2. The Hall–Kier alpha value is -0.140. The Bertz CT molecular complexity index is 530. The average molecular weight is 323 g/mol. The fourth-order valence-electron chi connectivity index (χ4n) is 2.36. The second-order valence-corrected chi connectivity index (χ2v) is 7.92. The van der Waals surface area contributed by atoms with Crippen LogP contribution in [-0.4, -0.2) is 49.8 Å². The van der Waals surface area contributed by atoms with Crippen LogP contribution < -0.4 is 0 Å². The van der Waals surface area contributed by atoms with E-state index in [1.54, 1.807) is 15.8 Å². The Morgan fingerprint density at radius 1 is 1.47 bits per heavy atom. The third kappa shape index (κ3) is 3.13. The summed E-state index contributed by atoms with van der Waals surface area (Å²) in [5.74, 6) is 0.361. The van der Waals surface area contributed by atoms with Crippen molar-refractivity contribution in [3.63, 3.8) is 0 Å².